The van der Waals surface area contributed by atoms with E-state index in [1.54, 1.807) is 24.3 Å². The van der Waals surface area contributed by atoms with Crippen molar-refractivity contribution in [1.82, 2.24) is 0 Å². The number of aliphatic imine (C=N–C) groups is 1. The minimum Gasteiger partial charge on any atom is -0.506 e. The standard InChI is InChI=1S/C14H11BrN2O2/c15-10-5-1-2-6-11(10)17-14(19)9-16-12-7-3-4-8-13(12)18/h1-9,18H,(H,17,19). The molecule has 0 atom stereocenters. The molecule has 5 heteroatoms. The van der Waals surface area contributed by atoms with Gasteiger partial charge >= 0.3 is 0 Å². The first-order valence-corrected chi connectivity index (χ1v) is 6.33. The summed E-state index contributed by atoms with van der Waals surface area (Å²) in [5, 5.41) is 12.2. The fraction of sp³-hybridized carbons (Fsp3) is 0. The van der Waals surface area contributed by atoms with Crippen molar-refractivity contribution in [2.24, 2.45) is 4.99 Å². The van der Waals surface area contributed by atoms with Gasteiger partial charge < -0.3 is 10.4 Å². The number of anilines is 1. The van der Waals surface area contributed by atoms with Crippen LogP contribution in [0, 0.1) is 0 Å². The lowest BCUT2D eigenvalue weighted by molar-refractivity contribution is -0.109. The SMILES string of the molecule is O=C(C=Nc1ccccc1O)Nc1ccccc1Br. The third-order valence-corrected chi connectivity index (χ3v) is 3.03. The largest absolute Gasteiger partial charge is 0.506 e. The first-order chi connectivity index (χ1) is 9.16. The predicted molar refractivity (Wildman–Crippen MR) is 79.0 cm³/mol. The quantitative estimate of drug-likeness (QED) is 0.851. The van der Waals surface area contributed by atoms with Gasteiger partial charge in [-0.05, 0) is 40.2 Å². The highest BCUT2D eigenvalue weighted by molar-refractivity contribution is 9.10. The maximum absolute atomic E-state index is 11.7. The van der Waals surface area contributed by atoms with Gasteiger partial charge in [-0.25, -0.2) is 4.99 Å². The number of hydrogen-bond acceptors (Lipinski definition) is 3. The number of carbonyl (C=O) groups is 1. The zero-order valence-corrected chi connectivity index (χ0v) is 11.5. The summed E-state index contributed by atoms with van der Waals surface area (Å²) in [6.07, 6.45) is 1.13. The molecule has 0 saturated heterocycles. The molecule has 0 unspecified atom stereocenters. The molecule has 96 valence electrons. The van der Waals surface area contributed by atoms with Gasteiger partial charge in [-0.1, -0.05) is 24.3 Å². The maximum atomic E-state index is 11.7. The average molecular weight is 319 g/mol. The molecule has 2 aromatic carbocycles. The van der Waals surface area contributed by atoms with Crippen molar-refractivity contribution in [3.63, 3.8) is 0 Å². The summed E-state index contributed by atoms with van der Waals surface area (Å²) in [5.74, 6) is -0.331. The average Bonchev–Trinajstić information content (AvgIpc) is 2.40. The van der Waals surface area contributed by atoms with Crippen LogP contribution >= 0.6 is 15.9 Å². The first kappa shape index (κ1) is 13.3. The van der Waals surface area contributed by atoms with E-state index in [2.05, 4.69) is 26.2 Å². The first-order valence-electron chi connectivity index (χ1n) is 5.54. The van der Waals surface area contributed by atoms with Crippen molar-refractivity contribution in [2.75, 3.05) is 5.32 Å². The number of benzene rings is 2. The fourth-order valence-electron chi connectivity index (χ4n) is 1.43. The van der Waals surface area contributed by atoms with Crippen LogP contribution in [0.1, 0.15) is 0 Å². The molecule has 1 amide bonds. The molecule has 0 aliphatic carbocycles. The van der Waals surface area contributed by atoms with Crippen LogP contribution in [0.5, 0.6) is 5.75 Å². The van der Waals surface area contributed by atoms with Gasteiger partial charge in [0.15, 0.2) is 0 Å². The van der Waals surface area contributed by atoms with E-state index >= 15 is 0 Å². The Kier molecular flexibility index (Phi) is 4.30. The lowest BCUT2D eigenvalue weighted by Crippen LogP contribution is -2.12. The number of nitrogens with one attached hydrogen (secondary N) is 1. The second kappa shape index (κ2) is 6.15. The molecule has 0 saturated carbocycles. The Morgan fingerprint density at radius 2 is 1.84 bits per heavy atom. The number of phenolic OH excluding ortho intramolecular Hbond substituents is 1. The highest BCUT2D eigenvalue weighted by atomic mass is 79.9. The van der Waals surface area contributed by atoms with Crippen molar-refractivity contribution in [1.29, 1.82) is 0 Å². The molecule has 2 N–H and O–H groups in total. The van der Waals surface area contributed by atoms with Crippen molar-refractivity contribution in [2.45, 2.75) is 0 Å². The molecule has 2 aromatic rings. The normalized spacial score (nSPS) is 10.6. The minimum atomic E-state index is -0.366. The number of amides is 1. The molecule has 0 fully saturated rings. The second-order valence-corrected chi connectivity index (χ2v) is 4.57. The molecule has 19 heavy (non-hydrogen) atoms. The predicted octanol–water partition coefficient (Wildman–Crippen LogP) is 3.50. The monoisotopic (exact) mass is 318 g/mol. The van der Waals surface area contributed by atoms with Gasteiger partial charge in [0.2, 0.25) is 0 Å². The Labute approximate surface area is 118 Å². The molecule has 0 spiro atoms. The van der Waals surface area contributed by atoms with E-state index in [4.69, 9.17) is 0 Å². The molecular weight excluding hydrogens is 308 g/mol. The molecule has 0 radical (unpaired) electrons. The van der Waals surface area contributed by atoms with Crippen LogP contribution in [-0.2, 0) is 4.79 Å². The summed E-state index contributed by atoms with van der Waals surface area (Å²) in [5.41, 5.74) is 1.01. The molecule has 0 aromatic heterocycles. The van der Waals surface area contributed by atoms with Crippen LogP contribution in [0.4, 0.5) is 11.4 Å². The highest BCUT2D eigenvalue weighted by Crippen LogP contribution is 2.24. The van der Waals surface area contributed by atoms with E-state index in [0.29, 0.717) is 11.4 Å². The Morgan fingerprint density at radius 3 is 2.58 bits per heavy atom. The van der Waals surface area contributed by atoms with Gasteiger partial charge in [-0.2, -0.15) is 0 Å². The lowest BCUT2D eigenvalue weighted by atomic mass is 10.3. The Bertz CT molecular complexity index is 626. The van der Waals surface area contributed by atoms with E-state index in [0.717, 1.165) is 10.7 Å². The van der Waals surface area contributed by atoms with Crippen molar-refractivity contribution in [3.8, 4) is 5.75 Å². The summed E-state index contributed by atoms with van der Waals surface area (Å²) in [7, 11) is 0. The number of nitrogens with zero attached hydrogens (tertiary/aromatic N) is 1. The summed E-state index contributed by atoms with van der Waals surface area (Å²) in [4.78, 5) is 15.6. The third kappa shape index (κ3) is 3.66. The Balaban J connectivity index is 2.06. The van der Waals surface area contributed by atoms with Crippen LogP contribution in [0.25, 0.3) is 0 Å². The third-order valence-electron chi connectivity index (χ3n) is 2.33. The number of aromatic hydroxyl groups is 1. The Hall–Kier alpha value is -2.14. The van der Waals surface area contributed by atoms with Gasteiger partial charge in [0.05, 0.1) is 11.9 Å². The van der Waals surface area contributed by atoms with E-state index in [1.807, 2.05) is 18.2 Å². The topological polar surface area (TPSA) is 61.7 Å². The number of para-hydroxylation sites is 3. The van der Waals surface area contributed by atoms with Crippen LogP contribution in [-0.4, -0.2) is 17.2 Å². The molecule has 2 rings (SSSR count). The molecule has 0 bridgehead atoms. The highest BCUT2D eigenvalue weighted by Gasteiger charge is 2.02. The van der Waals surface area contributed by atoms with Gasteiger partial charge in [0, 0.05) is 4.47 Å². The summed E-state index contributed by atoms with van der Waals surface area (Å²) < 4.78 is 0.791. The molecule has 0 heterocycles. The molecular formula is C14H11BrN2O2. The number of carbonyl (C=O) groups excluding carboxylic acids is 1. The zero-order valence-electron chi connectivity index (χ0n) is 9.88. The molecule has 0 aliphatic heterocycles. The van der Waals surface area contributed by atoms with Gasteiger partial charge in [0.1, 0.15) is 11.4 Å². The van der Waals surface area contributed by atoms with Gasteiger partial charge in [-0.3, -0.25) is 4.79 Å². The fourth-order valence-corrected chi connectivity index (χ4v) is 1.81. The van der Waals surface area contributed by atoms with Gasteiger partial charge in [-0.15, -0.1) is 0 Å². The summed E-state index contributed by atoms with van der Waals surface area (Å²) >= 11 is 3.33. The van der Waals surface area contributed by atoms with Crippen LogP contribution in [0.3, 0.4) is 0 Å². The van der Waals surface area contributed by atoms with Crippen LogP contribution in [0.15, 0.2) is 58.0 Å². The van der Waals surface area contributed by atoms with E-state index in [9.17, 15) is 9.90 Å². The van der Waals surface area contributed by atoms with Gasteiger partial charge in [0.25, 0.3) is 5.91 Å². The lowest BCUT2D eigenvalue weighted by Gasteiger charge is -2.03. The summed E-state index contributed by atoms with van der Waals surface area (Å²) in [6, 6.07) is 13.8. The second-order valence-electron chi connectivity index (χ2n) is 3.72. The van der Waals surface area contributed by atoms with Crippen molar-refractivity contribution < 1.29 is 9.90 Å². The summed E-state index contributed by atoms with van der Waals surface area (Å²) in [6.45, 7) is 0. The van der Waals surface area contributed by atoms with Crippen molar-refractivity contribution in [3.05, 3.63) is 53.0 Å². The minimum absolute atomic E-state index is 0.0347. The molecule has 4 nitrogen and oxygen atoms in total. The van der Waals surface area contributed by atoms with Crippen LogP contribution < -0.4 is 5.32 Å². The number of rotatable bonds is 3. The van der Waals surface area contributed by atoms with E-state index < -0.39 is 0 Å². The smallest absolute Gasteiger partial charge is 0.266 e. The van der Waals surface area contributed by atoms with E-state index in [-0.39, 0.29) is 11.7 Å². The maximum Gasteiger partial charge on any atom is 0.266 e. The molecule has 0 aliphatic rings. The number of phenols is 1. The number of hydrogen-bond donors (Lipinski definition) is 2. The Morgan fingerprint density at radius 1 is 1.16 bits per heavy atom. The number of halogens is 1. The van der Waals surface area contributed by atoms with Crippen LogP contribution in [0.2, 0.25) is 0 Å². The van der Waals surface area contributed by atoms with E-state index in [1.165, 1.54) is 6.07 Å². The zero-order chi connectivity index (χ0) is 13.7. The van der Waals surface area contributed by atoms with Crippen molar-refractivity contribution >= 4 is 39.4 Å².